The highest BCUT2D eigenvalue weighted by Crippen LogP contribution is 2.07. The highest BCUT2D eigenvalue weighted by molar-refractivity contribution is 5.86. The number of carbonyl (C=O) groups excluding carboxylic acids is 3. The van der Waals surface area contributed by atoms with Crippen LogP contribution in [0.4, 0.5) is 0 Å². The smallest absolute Gasteiger partial charge is 0.351 e. The Bertz CT molecular complexity index is 273. The number of hydrogen-bond acceptors (Lipinski definition) is 5. The monoisotopic (exact) mass is 258 g/mol. The molecule has 5 heteroatoms. The maximum absolute atomic E-state index is 11.2. The molecule has 0 unspecified atom stereocenters. The van der Waals surface area contributed by atoms with Crippen molar-refractivity contribution in [1.29, 1.82) is 0 Å². The van der Waals surface area contributed by atoms with Crippen molar-refractivity contribution in [3.63, 3.8) is 0 Å². The van der Waals surface area contributed by atoms with Gasteiger partial charge in [0.2, 0.25) is 0 Å². The summed E-state index contributed by atoms with van der Waals surface area (Å²) >= 11 is 0. The fourth-order valence-electron chi connectivity index (χ4n) is 1.42. The summed E-state index contributed by atoms with van der Waals surface area (Å²) in [7, 11) is 0. The SMILES string of the molecule is CCCCCCCCC(=O)OC(=O)COC(C)=O. The second-order valence-electron chi connectivity index (χ2n) is 4.14. The van der Waals surface area contributed by atoms with Gasteiger partial charge in [-0.15, -0.1) is 0 Å². The van der Waals surface area contributed by atoms with E-state index in [-0.39, 0.29) is 6.42 Å². The zero-order valence-electron chi connectivity index (χ0n) is 11.2. The summed E-state index contributed by atoms with van der Waals surface area (Å²) in [5.41, 5.74) is 0. The van der Waals surface area contributed by atoms with E-state index < -0.39 is 24.5 Å². The van der Waals surface area contributed by atoms with Gasteiger partial charge in [0.25, 0.3) is 0 Å². The first kappa shape index (κ1) is 16.6. The molecule has 5 nitrogen and oxygen atoms in total. The van der Waals surface area contributed by atoms with Crippen LogP contribution in [0.1, 0.15) is 58.8 Å². The maximum atomic E-state index is 11.2. The van der Waals surface area contributed by atoms with E-state index in [0.29, 0.717) is 0 Å². The average molecular weight is 258 g/mol. The van der Waals surface area contributed by atoms with Crippen molar-refractivity contribution in [1.82, 2.24) is 0 Å². The number of ether oxygens (including phenoxy) is 2. The molecule has 0 amide bonds. The summed E-state index contributed by atoms with van der Waals surface area (Å²) in [6.07, 6.45) is 6.60. The number of esters is 3. The minimum atomic E-state index is -0.818. The molecule has 0 fully saturated rings. The summed E-state index contributed by atoms with van der Waals surface area (Å²) in [5, 5.41) is 0. The topological polar surface area (TPSA) is 69.7 Å². The molecule has 0 aromatic heterocycles. The van der Waals surface area contributed by atoms with Gasteiger partial charge in [0.15, 0.2) is 6.61 Å². The normalized spacial score (nSPS) is 9.89. The van der Waals surface area contributed by atoms with Gasteiger partial charge in [-0.25, -0.2) is 4.79 Å². The Labute approximate surface area is 108 Å². The Morgan fingerprint density at radius 2 is 1.50 bits per heavy atom. The molecular formula is C13H22O5. The molecule has 0 aliphatic carbocycles. The first-order valence-electron chi connectivity index (χ1n) is 6.43. The van der Waals surface area contributed by atoms with E-state index in [0.717, 1.165) is 19.3 Å². The zero-order chi connectivity index (χ0) is 13.8. The molecule has 0 heterocycles. The van der Waals surface area contributed by atoms with E-state index >= 15 is 0 Å². The van der Waals surface area contributed by atoms with Crippen LogP contribution in [0, 0.1) is 0 Å². The van der Waals surface area contributed by atoms with Crippen LogP contribution >= 0.6 is 0 Å². The van der Waals surface area contributed by atoms with Gasteiger partial charge in [0.05, 0.1) is 0 Å². The van der Waals surface area contributed by atoms with E-state index in [1.54, 1.807) is 0 Å². The Balaban J connectivity index is 3.47. The Kier molecular flexibility index (Phi) is 9.91. The van der Waals surface area contributed by atoms with E-state index in [9.17, 15) is 14.4 Å². The van der Waals surface area contributed by atoms with Crippen molar-refractivity contribution < 1.29 is 23.9 Å². The molecule has 0 radical (unpaired) electrons. The van der Waals surface area contributed by atoms with Crippen LogP contribution in [0.2, 0.25) is 0 Å². The summed E-state index contributed by atoms with van der Waals surface area (Å²) < 4.78 is 8.88. The average Bonchev–Trinajstić information content (AvgIpc) is 2.31. The predicted octanol–water partition coefficient (Wildman–Crippen LogP) is 2.37. The third kappa shape index (κ3) is 11.1. The molecule has 0 spiro atoms. The van der Waals surface area contributed by atoms with E-state index in [4.69, 9.17) is 0 Å². The molecule has 0 aliphatic heterocycles. The molecule has 0 N–H and O–H groups in total. The first-order chi connectivity index (χ1) is 8.56. The highest BCUT2D eigenvalue weighted by Gasteiger charge is 2.11. The van der Waals surface area contributed by atoms with Crippen molar-refractivity contribution in [2.75, 3.05) is 6.61 Å². The lowest BCUT2D eigenvalue weighted by Crippen LogP contribution is -2.18. The largest absolute Gasteiger partial charge is 0.454 e. The number of rotatable bonds is 9. The van der Waals surface area contributed by atoms with Crippen LogP contribution in [-0.4, -0.2) is 24.5 Å². The van der Waals surface area contributed by atoms with Crippen molar-refractivity contribution in [2.24, 2.45) is 0 Å². The van der Waals surface area contributed by atoms with Crippen LogP contribution in [0.15, 0.2) is 0 Å². The fraction of sp³-hybridized carbons (Fsp3) is 0.769. The number of hydrogen-bond donors (Lipinski definition) is 0. The molecule has 0 rings (SSSR count). The van der Waals surface area contributed by atoms with Crippen molar-refractivity contribution >= 4 is 17.9 Å². The second kappa shape index (κ2) is 10.7. The standard InChI is InChI=1S/C13H22O5/c1-3-4-5-6-7-8-9-12(15)18-13(16)10-17-11(2)14/h3-10H2,1-2H3. The van der Waals surface area contributed by atoms with Crippen LogP contribution in [-0.2, 0) is 23.9 Å². The Hall–Kier alpha value is -1.39. The van der Waals surface area contributed by atoms with E-state index in [1.807, 2.05) is 0 Å². The third-order valence-electron chi connectivity index (χ3n) is 2.36. The van der Waals surface area contributed by atoms with Gasteiger partial charge < -0.3 is 9.47 Å². The Morgan fingerprint density at radius 1 is 0.889 bits per heavy atom. The van der Waals surface area contributed by atoms with Crippen molar-refractivity contribution in [3.05, 3.63) is 0 Å². The quantitative estimate of drug-likeness (QED) is 0.361. The maximum Gasteiger partial charge on any atom is 0.351 e. The van der Waals surface area contributed by atoms with Crippen molar-refractivity contribution in [2.45, 2.75) is 58.8 Å². The van der Waals surface area contributed by atoms with Crippen LogP contribution in [0.5, 0.6) is 0 Å². The first-order valence-corrected chi connectivity index (χ1v) is 6.43. The number of carbonyl (C=O) groups is 3. The van der Waals surface area contributed by atoms with Gasteiger partial charge in [0.1, 0.15) is 0 Å². The molecule has 0 aromatic carbocycles. The van der Waals surface area contributed by atoms with Gasteiger partial charge in [-0.2, -0.15) is 0 Å². The molecular weight excluding hydrogens is 236 g/mol. The van der Waals surface area contributed by atoms with E-state index in [1.165, 1.54) is 26.2 Å². The molecule has 104 valence electrons. The molecule has 0 saturated heterocycles. The molecule has 0 aromatic rings. The lowest BCUT2D eigenvalue weighted by atomic mass is 10.1. The van der Waals surface area contributed by atoms with Gasteiger partial charge in [0, 0.05) is 13.3 Å². The van der Waals surface area contributed by atoms with E-state index in [2.05, 4.69) is 16.4 Å². The van der Waals surface area contributed by atoms with Gasteiger partial charge in [-0.05, 0) is 6.42 Å². The molecule has 0 aliphatic rings. The van der Waals surface area contributed by atoms with Crippen LogP contribution in [0.3, 0.4) is 0 Å². The number of unbranched alkanes of at least 4 members (excludes halogenated alkanes) is 5. The minimum absolute atomic E-state index is 0.234. The summed E-state index contributed by atoms with van der Waals surface area (Å²) in [6.45, 7) is 2.83. The van der Waals surface area contributed by atoms with Crippen molar-refractivity contribution in [3.8, 4) is 0 Å². The van der Waals surface area contributed by atoms with Gasteiger partial charge in [-0.3, -0.25) is 9.59 Å². The third-order valence-corrected chi connectivity index (χ3v) is 2.36. The fourth-order valence-corrected chi connectivity index (χ4v) is 1.42. The second-order valence-corrected chi connectivity index (χ2v) is 4.14. The summed E-state index contributed by atoms with van der Waals surface area (Å²) in [5.74, 6) is -1.95. The lowest BCUT2D eigenvalue weighted by Gasteiger charge is -2.03. The zero-order valence-corrected chi connectivity index (χ0v) is 11.2. The van der Waals surface area contributed by atoms with Gasteiger partial charge in [-0.1, -0.05) is 39.0 Å². The lowest BCUT2D eigenvalue weighted by molar-refractivity contribution is -0.166. The molecule has 0 bridgehead atoms. The summed E-state index contributed by atoms with van der Waals surface area (Å²) in [6, 6.07) is 0. The minimum Gasteiger partial charge on any atom is -0.454 e. The van der Waals surface area contributed by atoms with Crippen LogP contribution < -0.4 is 0 Å². The predicted molar refractivity (Wildman–Crippen MR) is 65.7 cm³/mol. The van der Waals surface area contributed by atoms with Crippen LogP contribution in [0.25, 0.3) is 0 Å². The summed E-state index contributed by atoms with van der Waals surface area (Å²) in [4.78, 5) is 32.6. The Morgan fingerprint density at radius 3 is 2.11 bits per heavy atom. The molecule has 0 saturated carbocycles. The highest BCUT2D eigenvalue weighted by atomic mass is 16.6. The van der Waals surface area contributed by atoms with Gasteiger partial charge >= 0.3 is 17.9 Å². The molecule has 18 heavy (non-hydrogen) atoms. The molecule has 0 atom stereocenters.